The van der Waals surface area contributed by atoms with Gasteiger partial charge in [-0.1, -0.05) is 37.3 Å². The van der Waals surface area contributed by atoms with Gasteiger partial charge in [0.15, 0.2) is 9.84 Å². The molecule has 0 spiro atoms. The number of nitrogens with zero attached hydrogens (tertiary/aromatic N) is 1. The van der Waals surface area contributed by atoms with E-state index in [0.717, 1.165) is 25.8 Å². The van der Waals surface area contributed by atoms with Crippen LogP contribution in [0.4, 0.5) is 4.79 Å². The lowest BCUT2D eigenvalue weighted by Crippen LogP contribution is -2.42. The van der Waals surface area contributed by atoms with Crippen molar-refractivity contribution >= 4 is 15.9 Å². The number of nitrogens with one attached hydrogen (secondary N) is 1. The Balaban J connectivity index is 1.82. The monoisotopic (exact) mass is 338 g/mol. The molecule has 1 saturated heterocycles. The van der Waals surface area contributed by atoms with Crippen LogP contribution in [-0.2, 0) is 9.84 Å². The van der Waals surface area contributed by atoms with Gasteiger partial charge in [0.1, 0.15) is 0 Å². The number of carbonyl (C=O) groups excluding carboxylic acids is 1. The second kappa shape index (κ2) is 8.34. The second-order valence-corrected chi connectivity index (χ2v) is 8.47. The number of carbonyl (C=O) groups is 1. The third-order valence-corrected chi connectivity index (χ3v) is 6.12. The fourth-order valence-electron chi connectivity index (χ4n) is 2.93. The van der Waals surface area contributed by atoms with E-state index in [1.54, 1.807) is 6.92 Å². The van der Waals surface area contributed by atoms with E-state index < -0.39 is 9.84 Å². The lowest BCUT2D eigenvalue weighted by atomic mass is 9.92. The van der Waals surface area contributed by atoms with Crippen molar-refractivity contribution in [2.75, 3.05) is 31.1 Å². The molecule has 128 valence electrons. The maximum absolute atomic E-state index is 12.2. The minimum atomic E-state index is -3.03. The van der Waals surface area contributed by atoms with Gasteiger partial charge in [-0.05, 0) is 30.7 Å². The smallest absolute Gasteiger partial charge is 0.317 e. The van der Waals surface area contributed by atoms with E-state index in [1.165, 1.54) is 5.56 Å². The standard InChI is InChI=1S/C17H26N2O3S/c1-2-23(21,22)14-11-18-17(20)19-12-6-9-16(10-13-19)15-7-4-3-5-8-15/h3-5,7-8,16H,2,6,9-14H2,1H3,(H,18,20). The highest BCUT2D eigenvalue weighted by atomic mass is 32.2. The summed E-state index contributed by atoms with van der Waals surface area (Å²) in [6.07, 6.45) is 3.00. The summed E-state index contributed by atoms with van der Waals surface area (Å²) >= 11 is 0. The molecule has 5 nitrogen and oxygen atoms in total. The first-order chi connectivity index (χ1) is 11.0. The molecule has 1 aliphatic heterocycles. The summed E-state index contributed by atoms with van der Waals surface area (Å²) in [5, 5.41) is 2.73. The first-order valence-corrected chi connectivity index (χ1v) is 10.1. The number of urea groups is 1. The molecule has 2 amide bonds. The summed E-state index contributed by atoms with van der Waals surface area (Å²) in [6.45, 7) is 3.25. The zero-order valence-electron chi connectivity index (χ0n) is 13.7. The van der Waals surface area contributed by atoms with E-state index >= 15 is 0 Å². The Labute approximate surface area is 139 Å². The molecule has 1 fully saturated rings. The third-order valence-electron chi connectivity index (χ3n) is 4.42. The third kappa shape index (κ3) is 5.53. The van der Waals surface area contributed by atoms with Gasteiger partial charge in [-0.3, -0.25) is 0 Å². The molecule has 0 bridgehead atoms. The molecule has 1 aromatic carbocycles. The Morgan fingerprint density at radius 1 is 1.22 bits per heavy atom. The van der Waals surface area contributed by atoms with Crippen LogP contribution in [0.25, 0.3) is 0 Å². The van der Waals surface area contributed by atoms with Gasteiger partial charge in [0.25, 0.3) is 0 Å². The van der Waals surface area contributed by atoms with Crippen LogP contribution in [0.5, 0.6) is 0 Å². The second-order valence-electron chi connectivity index (χ2n) is 5.99. The van der Waals surface area contributed by atoms with Gasteiger partial charge in [-0.2, -0.15) is 0 Å². The molecule has 1 unspecified atom stereocenters. The molecule has 2 rings (SSSR count). The number of hydrogen-bond donors (Lipinski definition) is 1. The summed E-state index contributed by atoms with van der Waals surface area (Å²) < 4.78 is 22.9. The van der Waals surface area contributed by atoms with Crippen molar-refractivity contribution in [2.45, 2.75) is 32.1 Å². The molecular formula is C17H26N2O3S. The lowest BCUT2D eigenvalue weighted by molar-refractivity contribution is 0.200. The van der Waals surface area contributed by atoms with E-state index in [4.69, 9.17) is 0 Å². The van der Waals surface area contributed by atoms with Crippen molar-refractivity contribution in [3.63, 3.8) is 0 Å². The van der Waals surface area contributed by atoms with E-state index in [9.17, 15) is 13.2 Å². The van der Waals surface area contributed by atoms with Gasteiger partial charge in [0, 0.05) is 25.4 Å². The first-order valence-electron chi connectivity index (χ1n) is 8.30. The van der Waals surface area contributed by atoms with Crippen molar-refractivity contribution in [3.8, 4) is 0 Å². The molecule has 1 atom stereocenters. The van der Waals surface area contributed by atoms with Crippen molar-refractivity contribution in [3.05, 3.63) is 35.9 Å². The summed E-state index contributed by atoms with van der Waals surface area (Å²) in [5.41, 5.74) is 1.34. The fraction of sp³-hybridized carbons (Fsp3) is 0.588. The number of sulfone groups is 1. The molecular weight excluding hydrogens is 312 g/mol. The summed E-state index contributed by atoms with van der Waals surface area (Å²) in [7, 11) is -3.03. The summed E-state index contributed by atoms with van der Waals surface area (Å²) in [4.78, 5) is 14.0. The number of likely N-dealkylation sites (tertiary alicyclic amines) is 1. The Hall–Kier alpha value is -1.56. The van der Waals surface area contributed by atoms with Crippen LogP contribution in [0.15, 0.2) is 30.3 Å². The van der Waals surface area contributed by atoms with Crippen LogP contribution in [0.3, 0.4) is 0 Å². The van der Waals surface area contributed by atoms with E-state index in [0.29, 0.717) is 12.5 Å². The minimum Gasteiger partial charge on any atom is -0.337 e. The predicted molar refractivity (Wildman–Crippen MR) is 92.3 cm³/mol. The first kappa shape index (κ1) is 17.8. The molecule has 23 heavy (non-hydrogen) atoms. The van der Waals surface area contributed by atoms with Gasteiger partial charge in [-0.15, -0.1) is 0 Å². The molecule has 0 radical (unpaired) electrons. The average Bonchev–Trinajstić information content (AvgIpc) is 2.81. The predicted octanol–water partition coefficient (Wildman–Crippen LogP) is 2.40. The molecule has 6 heteroatoms. The number of rotatable bonds is 5. The van der Waals surface area contributed by atoms with E-state index in [1.807, 2.05) is 11.0 Å². The normalized spacial score (nSPS) is 19.2. The van der Waals surface area contributed by atoms with Crippen molar-refractivity contribution in [2.24, 2.45) is 0 Å². The highest BCUT2D eigenvalue weighted by Crippen LogP contribution is 2.27. The lowest BCUT2D eigenvalue weighted by Gasteiger charge is -2.21. The largest absolute Gasteiger partial charge is 0.337 e. The highest BCUT2D eigenvalue weighted by Gasteiger charge is 2.21. The topological polar surface area (TPSA) is 66.5 Å². The van der Waals surface area contributed by atoms with Crippen molar-refractivity contribution < 1.29 is 13.2 Å². The van der Waals surface area contributed by atoms with Crippen LogP contribution in [-0.4, -0.2) is 50.5 Å². The van der Waals surface area contributed by atoms with Gasteiger partial charge < -0.3 is 10.2 Å². The summed E-state index contributed by atoms with van der Waals surface area (Å²) in [5.74, 6) is 0.621. The molecule has 0 aliphatic carbocycles. The molecule has 1 aliphatic rings. The van der Waals surface area contributed by atoms with Crippen LogP contribution in [0, 0.1) is 0 Å². The SMILES string of the molecule is CCS(=O)(=O)CCNC(=O)N1CCCC(c2ccccc2)CC1. The highest BCUT2D eigenvalue weighted by molar-refractivity contribution is 7.91. The number of benzene rings is 1. The van der Waals surface area contributed by atoms with Gasteiger partial charge in [-0.25, -0.2) is 13.2 Å². The molecule has 0 saturated carbocycles. The number of hydrogen-bond acceptors (Lipinski definition) is 3. The summed E-state index contributed by atoms with van der Waals surface area (Å²) in [6, 6.07) is 10.3. The number of amides is 2. The molecule has 0 aromatic heterocycles. The van der Waals surface area contributed by atoms with Crippen LogP contribution in [0.1, 0.15) is 37.7 Å². The maximum Gasteiger partial charge on any atom is 0.317 e. The molecule has 1 aromatic rings. The van der Waals surface area contributed by atoms with Crippen LogP contribution < -0.4 is 5.32 Å². The van der Waals surface area contributed by atoms with Crippen molar-refractivity contribution in [1.82, 2.24) is 10.2 Å². The van der Waals surface area contributed by atoms with Crippen LogP contribution in [0.2, 0.25) is 0 Å². The van der Waals surface area contributed by atoms with Crippen molar-refractivity contribution in [1.29, 1.82) is 0 Å². The Morgan fingerprint density at radius 2 is 1.96 bits per heavy atom. The zero-order valence-corrected chi connectivity index (χ0v) is 14.5. The van der Waals surface area contributed by atoms with Gasteiger partial charge >= 0.3 is 6.03 Å². The molecule has 1 N–H and O–H groups in total. The van der Waals surface area contributed by atoms with E-state index in [-0.39, 0.29) is 24.1 Å². The Morgan fingerprint density at radius 3 is 2.65 bits per heavy atom. The van der Waals surface area contributed by atoms with Gasteiger partial charge in [0.2, 0.25) is 0 Å². The van der Waals surface area contributed by atoms with Gasteiger partial charge in [0.05, 0.1) is 5.75 Å². The zero-order chi connectivity index (χ0) is 16.7. The Bertz CT molecular complexity index is 602. The maximum atomic E-state index is 12.2. The quantitative estimate of drug-likeness (QED) is 0.896. The van der Waals surface area contributed by atoms with Crippen LogP contribution >= 0.6 is 0 Å². The van der Waals surface area contributed by atoms with E-state index in [2.05, 4.69) is 29.6 Å². The average molecular weight is 338 g/mol. The molecule has 1 heterocycles. The minimum absolute atomic E-state index is 0.00964. The Kier molecular flexibility index (Phi) is 6.45. The fourth-order valence-corrected chi connectivity index (χ4v) is 3.63.